The molecule has 0 radical (unpaired) electrons. The summed E-state index contributed by atoms with van der Waals surface area (Å²) in [6, 6.07) is 0. The van der Waals surface area contributed by atoms with Crippen LogP contribution in [0.1, 0.15) is 6.42 Å². The summed E-state index contributed by atoms with van der Waals surface area (Å²) < 4.78 is 6.59. The number of ether oxygens (including phenoxy) is 1. The van der Waals surface area contributed by atoms with Gasteiger partial charge < -0.3 is 25.6 Å². The van der Waals surface area contributed by atoms with E-state index in [0.29, 0.717) is 22.3 Å². The van der Waals surface area contributed by atoms with E-state index in [-0.39, 0.29) is 0 Å². The highest BCUT2D eigenvalue weighted by molar-refractivity contribution is 9.12. The molecule has 7 heteroatoms. The Bertz CT molecular complexity index is 569. The molecule has 2 heterocycles. The van der Waals surface area contributed by atoms with E-state index < -0.39 is 31.4 Å². The molecular formula is C15H24BrN2O3P. The molecule has 2 aliphatic rings. The molecule has 4 atom stereocenters. The minimum atomic E-state index is -1.20. The van der Waals surface area contributed by atoms with Crippen LogP contribution in [0.2, 0.25) is 0 Å². The number of aliphatic hydroxyl groups is 2. The fraction of sp³-hybridized carbons (Fsp3) is 0.533. The Balaban J connectivity index is 2.10. The number of hydrogen-bond donors (Lipinski definition) is 3. The first-order valence-electron chi connectivity index (χ1n) is 7.11. The average molecular weight is 391 g/mol. The quantitative estimate of drug-likeness (QED) is 0.633. The minimum Gasteiger partial charge on any atom is -0.398 e. The lowest BCUT2D eigenvalue weighted by atomic mass is 10.1. The van der Waals surface area contributed by atoms with Crippen molar-refractivity contribution >= 4 is 29.1 Å². The topological polar surface area (TPSA) is 79.0 Å². The fourth-order valence-electron chi connectivity index (χ4n) is 2.51. The van der Waals surface area contributed by atoms with Gasteiger partial charge in [0, 0.05) is 17.6 Å². The van der Waals surface area contributed by atoms with Crippen LogP contribution in [-0.4, -0.2) is 65.4 Å². The zero-order chi connectivity index (χ0) is 16.7. The molecular weight excluding hydrogens is 367 g/mol. The van der Waals surface area contributed by atoms with Crippen molar-refractivity contribution in [3.05, 3.63) is 34.7 Å². The molecule has 0 bridgehead atoms. The number of halogens is 1. The van der Waals surface area contributed by atoms with E-state index >= 15 is 0 Å². The van der Waals surface area contributed by atoms with Crippen molar-refractivity contribution < 1.29 is 14.9 Å². The Labute approximate surface area is 140 Å². The van der Waals surface area contributed by atoms with E-state index in [9.17, 15) is 10.2 Å². The summed E-state index contributed by atoms with van der Waals surface area (Å²) in [6.45, 7) is 7.01. The van der Waals surface area contributed by atoms with Crippen LogP contribution < -0.4 is 5.73 Å². The van der Waals surface area contributed by atoms with Crippen LogP contribution in [0.25, 0.3) is 0 Å². The first-order valence-corrected chi connectivity index (χ1v) is 11.0. The Morgan fingerprint density at radius 3 is 2.64 bits per heavy atom. The van der Waals surface area contributed by atoms with Crippen molar-refractivity contribution in [3.63, 3.8) is 0 Å². The molecule has 0 spiro atoms. The molecule has 0 aromatic carbocycles. The van der Waals surface area contributed by atoms with Crippen molar-refractivity contribution in [2.45, 2.75) is 31.0 Å². The molecule has 0 aliphatic carbocycles. The van der Waals surface area contributed by atoms with Crippen LogP contribution in [-0.2, 0) is 4.74 Å². The maximum Gasteiger partial charge on any atom is 0.163 e. The summed E-state index contributed by atoms with van der Waals surface area (Å²) in [4.78, 5) is 1.69. The lowest BCUT2D eigenvalue weighted by Crippen LogP contribution is -2.41. The molecule has 124 valence electrons. The first kappa shape index (κ1) is 17.8. The van der Waals surface area contributed by atoms with Crippen LogP contribution in [0, 0.1) is 0 Å². The van der Waals surface area contributed by atoms with Gasteiger partial charge in [0.25, 0.3) is 0 Å². The second kappa shape index (κ2) is 6.54. The maximum atomic E-state index is 10.3. The highest BCUT2D eigenvalue weighted by Gasteiger charge is 2.45. The molecule has 0 saturated carbocycles. The Hall–Kier alpha value is -0.520. The third kappa shape index (κ3) is 3.87. The molecule has 1 saturated heterocycles. The highest BCUT2D eigenvalue weighted by atomic mass is 79.9. The number of rotatable bonds is 4. The van der Waals surface area contributed by atoms with E-state index in [4.69, 9.17) is 10.5 Å². The zero-order valence-corrected chi connectivity index (χ0v) is 15.4. The standard InChI is InChI=1S/C15H24BrN2O3P/c1-9-7-11(17)10(16)8-18(9)15-14(20)13(19)12(21-15)5-6-22(2,3)4/h7-8,12-15,19-20H,1-2,5-6,17H2,3-4H3/t12-,13-,14-,15-/m1/s1. The van der Waals surface area contributed by atoms with E-state index in [1.165, 1.54) is 0 Å². The second-order valence-corrected chi connectivity index (χ2v) is 11.6. The number of nitrogens with two attached hydrogens (primary N) is 1. The smallest absolute Gasteiger partial charge is 0.163 e. The summed E-state index contributed by atoms with van der Waals surface area (Å²) in [5.74, 6) is 0. The summed E-state index contributed by atoms with van der Waals surface area (Å²) in [5.41, 5.74) is 6.99. The molecule has 0 unspecified atom stereocenters. The average Bonchev–Trinajstić information content (AvgIpc) is 2.68. The normalized spacial score (nSPS) is 33.0. The Morgan fingerprint density at radius 1 is 1.41 bits per heavy atom. The van der Waals surface area contributed by atoms with Crippen LogP contribution in [0.4, 0.5) is 0 Å². The van der Waals surface area contributed by atoms with Gasteiger partial charge in [-0.25, -0.2) is 0 Å². The molecule has 4 N–H and O–H groups in total. The monoisotopic (exact) mass is 390 g/mol. The highest BCUT2D eigenvalue weighted by Crippen LogP contribution is 2.39. The van der Waals surface area contributed by atoms with Crippen LogP contribution >= 0.6 is 22.8 Å². The van der Waals surface area contributed by atoms with E-state index in [1.807, 2.05) is 0 Å². The van der Waals surface area contributed by atoms with Gasteiger partial charge in [-0.2, -0.15) is 0 Å². The van der Waals surface area contributed by atoms with E-state index in [0.717, 1.165) is 6.16 Å². The van der Waals surface area contributed by atoms with Crippen molar-refractivity contribution in [1.29, 1.82) is 0 Å². The SMILES string of the molecule is C=C1C=C(N)C(Br)=CN1[C@@H]1O[C@H](CCP(=C)(C)C)[C@@H](O)[C@H]1O. The third-order valence-electron chi connectivity index (χ3n) is 3.81. The van der Waals surface area contributed by atoms with Crippen molar-refractivity contribution in [1.82, 2.24) is 4.90 Å². The minimum absolute atomic E-state index is 0.399. The van der Waals surface area contributed by atoms with Gasteiger partial charge in [-0.15, -0.1) is 13.2 Å². The molecule has 0 aromatic rings. The van der Waals surface area contributed by atoms with Gasteiger partial charge in [0.2, 0.25) is 0 Å². The van der Waals surface area contributed by atoms with Crippen molar-refractivity contribution in [2.75, 3.05) is 19.5 Å². The number of aliphatic hydroxyl groups excluding tert-OH is 2. The van der Waals surface area contributed by atoms with Crippen LogP contribution in [0.5, 0.6) is 0 Å². The lowest BCUT2D eigenvalue weighted by molar-refractivity contribution is -0.0562. The fourth-order valence-corrected chi connectivity index (χ4v) is 3.80. The van der Waals surface area contributed by atoms with Gasteiger partial charge >= 0.3 is 0 Å². The maximum absolute atomic E-state index is 10.3. The summed E-state index contributed by atoms with van der Waals surface area (Å²) in [7, 11) is 0. The molecule has 22 heavy (non-hydrogen) atoms. The predicted molar refractivity (Wildman–Crippen MR) is 96.3 cm³/mol. The van der Waals surface area contributed by atoms with Gasteiger partial charge in [-0.05, 0) is 47.9 Å². The van der Waals surface area contributed by atoms with Gasteiger partial charge in [0.15, 0.2) is 6.23 Å². The summed E-state index contributed by atoms with van der Waals surface area (Å²) >= 11 is 3.36. The van der Waals surface area contributed by atoms with Crippen LogP contribution in [0.15, 0.2) is 34.7 Å². The molecule has 2 aliphatic heterocycles. The molecule has 1 fully saturated rings. The van der Waals surface area contributed by atoms with Gasteiger partial charge in [0.05, 0.1) is 10.6 Å². The first-order chi connectivity index (χ1) is 10.1. The molecule has 5 nitrogen and oxygen atoms in total. The molecule has 0 amide bonds. The van der Waals surface area contributed by atoms with Gasteiger partial charge in [-0.3, -0.25) is 0 Å². The van der Waals surface area contributed by atoms with E-state index in [1.54, 1.807) is 17.2 Å². The number of nitrogens with zero attached hydrogens (tertiary/aromatic N) is 1. The summed E-state index contributed by atoms with van der Waals surface area (Å²) in [5, 5.41) is 20.6. The van der Waals surface area contributed by atoms with Crippen molar-refractivity contribution in [3.8, 4) is 0 Å². The van der Waals surface area contributed by atoms with E-state index in [2.05, 4.69) is 42.1 Å². The predicted octanol–water partition coefficient (Wildman–Crippen LogP) is 1.44. The number of hydrogen-bond acceptors (Lipinski definition) is 5. The van der Waals surface area contributed by atoms with Crippen molar-refractivity contribution in [2.24, 2.45) is 5.73 Å². The Morgan fingerprint density at radius 2 is 2.05 bits per heavy atom. The van der Waals surface area contributed by atoms with Crippen LogP contribution in [0.3, 0.4) is 0 Å². The zero-order valence-electron chi connectivity index (χ0n) is 12.9. The van der Waals surface area contributed by atoms with Gasteiger partial charge in [0.1, 0.15) is 12.2 Å². The third-order valence-corrected chi connectivity index (χ3v) is 5.94. The largest absolute Gasteiger partial charge is 0.398 e. The second-order valence-electron chi connectivity index (χ2n) is 6.47. The Kier molecular flexibility index (Phi) is 5.30. The summed E-state index contributed by atoms with van der Waals surface area (Å²) in [6.07, 6.45) is 6.18. The molecule has 2 rings (SSSR count). The molecule has 0 aromatic heterocycles. The van der Waals surface area contributed by atoms with Gasteiger partial charge in [-0.1, -0.05) is 6.58 Å². The lowest BCUT2D eigenvalue weighted by Gasteiger charge is -2.32. The number of allylic oxidation sites excluding steroid dienone is 2.